The largest absolute Gasteiger partial charge is 0.497 e. The van der Waals surface area contributed by atoms with Crippen LogP contribution < -0.4 is 4.74 Å². The molecular formula is C17H19NO5. The van der Waals surface area contributed by atoms with E-state index < -0.39 is 18.5 Å². The number of carbonyl (C=O) groups excluding carboxylic acids is 2. The van der Waals surface area contributed by atoms with Gasteiger partial charge in [-0.25, -0.2) is 9.59 Å². The highest BCUT2D eigenvalue weighted by Gasteiger charge is 2.31. The van der Waals surface area contributed by atoms with E-state index in [1.807, 2.05) is 25.1 Å². The molecule has 1 aliphatic rings. The number of methoxy groups -OCH3 is 2. The van der Waals surface area contributed by atoms with Gasteiger partial charge < -0.3 is 18.8 Å². The predicted molar refractivity (Wildman–Crippen MR) is 83.8 cm³/mol. The highest BCUT2D eigenvalue weighted by Crippen LogP contribution is 2.42. The number of hydrogen-bond donors (Lipinski definition) is 0. The Hall–Kier alpha value is -2.50. The number of ether oxygens (including phenoxy) is 3. The van der Waals surface area contributed by atoms with E-state index in [9.17, 15) is 9.59 Å². The molecule has 0 saturated heterocycles. The van der Waals surface area contributed by atoms with E-state index in [4.69, 9.17) is 9.47 Å². The summed E-state index contributed by atoms with van der Waals surface area (Å²) in [4.78, 5) is 23.7. The number of aromatic nitrogens is 1. The van der Waals surface area contributed by atoms with E-state index in [-0.39, 0.29) is 0 Å². The lowest BCUT2D eigenvalue weighted by molar-refractivity contribution is -0.144. The Bertz CT molecular complexity index is 773. The molecule has 1 aromatic heterocycles. The number of fused-ring (bicyclic) bond motifs is 1. The molecular weight excluding hydrogens is 298 g/mol. The van der Waals surface area contributed by atoms with Gasteiger partial charge in [-0.3, -0.25) is 0 Å². The second kappa shape index (κ2) is 5.95. The summed E-state index contributed by atoms with van der Waals surface area (Å²) in [5.74, 6) is -0.433. The molecule has 1 heterocycles. The number of hydrogen-bond acceptors (Lipinski definition) is 5. The lowest BCUT2D eigenvalue weighted by atomic mass is 10.1. The van der Waals surface area contributed by atoms with Gasteiger partial charge in [-0.05, 0) is 38.0 Å². The summed E-state index contributed by atoms with van der Waals surface area (Å²) >= 11 is 0. The molecule has 1 saturated carbocycles. The topological polar surface area (TPSA) is 66.8 Å². The van der Waals surface area contributed by atoms with Crippen molar-refractivity contribution in [2.24, 2.45) is 0 Å². The summed E-state index contributed by atoms with van der Waals surface area (Å²) in [7, 11) is 2.84. The normalized spacial score (nSPS) is 13.9. The molecule has 1 aliphatic carbocycles. The maximum Gasteiger partial charge on any atom is 0.344 e. The van der Waals surface area contributed by atoms with Crippen molar-refractivity contribution in [2.45, 2.75) is 25.8 Å². The molecule has 2 aromatic rings. The van der Waals surface area contributed by atoms with Crippen molar-refractivity contribution in [2.75, 3.05) is 20.8 Å². The van der Waals surface area contributed by atoms with Gasteiger partial charge in [0.1, 0.15) is 5.75 Å². The molecule has 0 aliphatic heterocycles. The number of rotatable bonds is 5. The van der Waals surface area contributed by atoms with Crippen LogP contribution in [-0.2, 0) is 14.3 Å². The van der Waals surface area contributed by atoms with Crippen LogP contribution in [0.1, 0.15) is 34.9 Å². The molecule has 0 unspecified atom stereocenters. The molecule has 0 spiro atoms. The first-order chi connectivity index (χ1) is 11.1. The van der Waals surface area contributed by atoms with Gasteiger partial charge in [-0.1, -0.05) is 0 Å². The van der Waals surface area contributed by atoms with Crippen LogP contribution >= 0.6 is 0 Å². The average molecular weight is 317 g/mol. The second-order valence-corrected chi connectivity index (χ2v) is 5.60. The van der Waals surface area contributed by atoms with Crippen molar-refractivity contribution in [3.05, 3.63) is 29.5 Å². The summed E-state index contributed by atoms with van der Waals surface area (Å²) < 4.78 is 17.0. The Morgan fingerprint density at radius 3 is 2.61 bits per heavy atom. The van der Waals surface area contributed by atoms with E-state index >= 15 is 0 Å². The molecule has 122 valence electrons. The lowest BCUT2D eigenvalue weighted by Crippen LogP contribution is -2.15. The lowest BCUT2D eigenvalue weighted by Gasteiger charge is -2.06. The zero-order valence-electron chi connectivity index (χ0n) is 13.4. The first-order valence-corrected chi connectivity index (χ1v) is 7.49. The van der Waals surface area contributed by atoms with Crippen molar-refractivity contribution < 1.29 is 23.8 Å². The van der Waals surface area contributed by atoms with Crippen molar-refractivity contribution in [3.8, 4) is 5.75 Å². The SMILES string of the molecule is COC(=O)COC(=O)c1c(C)n(C2CC2)c2ccc(OC)cc12. The molecule has 0 radical (unpaired) electrons. The minimum absolute atomic E-state index is 0.394. The Morgan fingerprint density at radius 1 is 1.26 bits per heavy atom. The Balaban J connectivity index is 2.05. The third-order valence-electron chi connectivity index (χ3n) is 4.12. The van der Waals surface area contributed by atoms with E-state index in [0.717, 1.165) is 29.4 Å². The fraction of sp³-hybridized carbons (Fsp3) is 0.412. The third kappa shape index (κ3) is 2.76. The number of esters is 2. The standard InChI is InChI=1S/C17H19NO5/c1-10-16(17(20)23-9-15(19)22-3)13-8-12(21-2)6-7-14(13)18(10)11-4-5-11/h6-8,11H,4-5,9H2,1-3H3. The van der Waals surface area contributed by atoms with Crippen LogP contribution in [0.25, 0.3) is 10.9 Å². The summed E-state index contributed by atoms with van der Waals surface area (Å²) in [6, 6.07) is 6.09. The molecule has 0 atom stereocenters. The van der Waals surface area contributed by atoms with Crippen LogP contribution in [0.5, 0.6) is 5.75 Å². The van der Waals surface area contributed by atoms with Crippen LogP contribution in [0.3, 0.4) is 0 Å². The van der Waals surface area contributed by atoms with Crippen molar-refractivity contribution in [1.29, 1.82) is 0 Å². The monoisotopic (exact) mass is 317 g/mol. The number of benzene rings is 1. The molecule has 6 heteroatoms. The molecule has 23 heavy (non-hydrogen) atoms. The average Bonchev–Trinajstić information content (AvgIpc) is 3.34. The maximum absolute atomic E-state index is 12.5. The quantitative estimate of drug-likeness (QED) is 0.793. The first-order valence-electron chi connectivity index (χ1n) is 7.49. The van der Waals surface area contributed by atoms with Crippen LogP contribution in [-0.4, -0.2) is 37.3 Å². The van der Waals surface area contributed by atoms with Gasteiger partial charge in [0.2, 0.25) is 0 Å². The minimum Gasteiger partial charge on any atom is -0.497 e. The van der Waals surface area contributed by atoms with Crippen LogP contribution in [0.2, 0.25) is 0 Å². The molecule has 0 amide bonds. The molecule has 6 nitrogen and oxygen atoms in total. The Labute approximate surface area is 133 Å². The highest BCUT2D eigenvalue weighted by atomic mass is 16.6. The van der Waals surface area contributed by atoms with Gasteiger partial charge >= 0.3 is 11.9 Å². The molecule has 1 aromatic carbocycles. The third-order valence-corrected chi connectivity index (χ3v) is 4.12. The van der Waals surface area contributed by atoms with Gasteiger partial charge in [0.25, 0.3) is 0 Å². The fourth-order valence-electron chi connectivity index (χ4n) is 2.86. The molecule has 1 fully saturated rings. The summed E-state index contributed by atoms with van der Waals surface area (Å²) in [5.41, 5.74) is 2.32. The van der Waals surface area contributed by atoms with Crippen molar-refractivity contribution >= 4 is 22.8 Å². The van der Waals surface area contributed by atoms with Crippen molar-refractivity contribution in [1.82, 2.24) is 4.57 Å². The zero-order valence-corrected chi connectivity index (χ0v) is 13.4. The second-order valence-electron chi connectivity index (χ2n) is 5.60. The summed E-state index contributed by atoms with van der Waals surface area (Å²) in [5, 5.41) is 0.781. The van der Waals surface area contributed by atoms with Gasteiger partial charge in [0, 0.05) is 22.6 Å². The summed E-state index contributed by atoms with van der Waals surface area (Å²) in [6.07, 6.45) is 2.21. The summed E-state index contributed by atoms with van der Waals surface area (Å²) in [6.45, 7) is 1.51. The number of carbonyl (C=O) groups is 2. The minimum atomic E-state index is -0.584. The zero-order chi connectivity index (χ0) is 16.6. The molecule has 3 rings (SSSR count). The van der Waals surface area contributed by atoms with E-state index in [0.29, 0.717) is 17.4 Å². The first kappa shape index (κ1) is 15.4. The van der Waals surface area contributed by atoms with E-state index in [1.54, 1.807) is 7.11 Å². The predicted octanol–water partition coefficient (Wildman–Crippen LogP) is 2.62. The smallest absolute Gasteiger partial charge is 0.344 e. The molecule has 0 N–H and O–H groups in total. The van der Waals surface area contributed by atoms with Crippen molar-refractivity contribution in [3.63, 3.8) is 0 Å². The van der Waals surface area contributed by atoms with Gasteiger partial charge in [-0.15, -0.1) is 0 Å². The van der Waals surface area contributed by atoms with Crippen LogP contribution in [0.4, 0.5) is 0 Å². The Kier molecular flexibility index (Phi) is 3.98. The van der Waals surface area contributed by atoms with Crippen LogP contribution in [0.15, 0.2) is 18.2 Å². The highest BCUT2D eigenvalue weighted by molar-refractivity contribution is 6.06. The maximum atomic E-state index is 12.5. The van der Waals surface area contributed by atoms with Crippen LogP contribution in [0, 0.1) is 6.92 Å². The van der Waals surface area contributed by atoms with Gasteiger partial charge in [0.05, 0.1) is 19.8 Å². The Morgan fingerprint density at radius 2 is 2.00 bits per heavy atom. The number of nitrogens with zero attached hydrogens (tertiary/aromatic N) is 1. The van der Waals surface area contributed by atoms with E-state index in [1.165, 1.54) is 7.11 Å². The molecule has 0 bridgehead atoms. The van der Waals surface area contributed by atoms with E-state index in [2.05, 4.69) is 9.30 Å². The fourth-order valence-corrected chi connectivity index (χ4v) is 2.86. The van der Waals surface area contributed by atoms with Gasteiger partial charge in [-0.2, -0.15) is 0 Å². The van der Waals surface area contributed by atoms with Gasteiger partial charge in [0.15, 0.2) is 6.61 Å².